The van der Waals surface area contributed by atoms with Gasteiger partial charge in [0.25, 0.3) is 0 Å². The van der Waals surface area contributed by atoms with E-state index < -0.39 is 0 Å². The third kappa shape index (κ3) is 1.83. The van der Waals surface area contributed by atoms with Crippen molar-refractivity contribution in [2.24, 2.45) is 7.05 Å². The normalized spacial score (nSPS) is 10.5. The Balaban J connectivity index is 2.68. The molecule has 2 aromatic rings. The van der Waals surface area contributed by atoms with Crippen LogP contribution in [0, 0.1) is 20.8 Å². The molecule has 2 aromatic heterocycles. The molecule has 82 valence electrons. The topological polar surface area (TPSA) is 16.8 Å². The number of aryl methyl sites for hydroxylation is 4. The molecule has 2 heterocycles. The lowest BCUT2D eigenvalue weighted by molar-refractivity contribution is -0.660. The molecule has 2 heteroatoms. The Labute approximate surface area is 96.6 Å². The number of hydrogen-bond donors (Lipinski definition) is 0. The highest BCUT2D eigenvalue weighted by Gasteiger charge is 2.14. The maximum Gasteiger partial charge on any atom is 0.214 e. The average molecular weight is 213 g/mol. The molecule has 0 aliphatic heterocycles. The first kappa shape index (κ1) is 10.8. The standard InChI is InChI=1S/C14H17N2/c1-10-5-6-13(16(4)9-10)14-11(2)7-8-15-12(14)3/h5-9H,1-4H3/q+1. The van der Waals surface area contributed by atoms with Crippen LogP contribution in [-0.4, -0.2) is 4.98 Å². The van der Waals surface area contributed by atoms with Crippen molar-refractivity contribution < 1.29 is 4.57 Å². The van der Waals surface area contributed by atoms with Crippen molar-refractivity contribution in [1.29, 1.82) is 0 Å². The van der Waals surface area contributed by atoms with Gasteiger partial charge in [-0.2, -0.15) is 0 Å². The van der Waals surface area contributed by atoms with Crippen molar-refractivity contribution >= 4 is 0 Å². The number of nitrogens with zero attached hydrogens (tertiary/aromatic N) is 2. The van der Waals surface area contributed by atoms with E-state index in [0.717, 1.165) is 5.69 Å². The van der Waals surface area contributed by atoms with Crippen LogP contribution in [0.2, 0.25) is 0 Å². The molecule has 0 spiro atoms. The Morgan fingerprint density at radius 2 is 1.81 bits per heavy atom. The van der Waals surface area contributed by atoms with E-state index in [2.05, 4.69) is 61.8 Å². The highest BCUT2D eigenvalue weighted by molar-refractivity contribution is 5.63. The van der Waals surface area contributed by atoms with Gasteiger partial charge in [0.2, 0.25) is 5.69 Å². The monoisotopic (exact) mass is 213 g/mol. The summed E-state index contributed by atoms with van der Waals surface area (Å²) in [6, 6.07) is 6.36. The predicted molar refractivity (Wildman–Crippen MR) is 65.1 cm³/mol. The molecule has 0 saturated heterocycles. The van der Waals surface area contributed by atoms with Crippen LogP contribution in [0.1, 0.15) is 16.8 Å². The van der Waals surface area contributed by atoms with E-state index in [1.54, 1.807) is 0 Å². The molecule has 0 aliphatic rings. The van der Waals surface area contributed by atoms with Gasteiger partial charge in [0.15, 0.2) is 6.20 Å². The second kappa shape index (κ2) is 4.05. The number of rotatable bonds is 1. The number of pyridine rings is 2. The molecule has 0 radical (unpaired) electrons. The van der Waals surface area contributed by atoms with E-state index in [0.29, 0.717) is 0 Å². The maximum atomic E-state index is 4.37. The van der Waals surface area contributed by atoms with Crippen LogP contribution in [0.5, 0.6) is 0 Å². The molecular weight excluding hydrogens is 196 g/mol. The Kier molecular flexibility index (Phi) is 2.73. The lowest BCUT2D eigenvalue weighted by Crippen LogP contribution is -2.31. The minimum atomic E-state index is 1.08. The summed E-state index contributed by atoms with van der Waals surface area (Å²) in [7, 11) is 2.08. The van der Waals surface area contributed by atoms with Gasteiger partial charge in [-0.15, -0.1) is 0 Å². The van der Waals surface area contributed by atoms with Gasteiger partial charge < -0.3 is 0 Å². The van der Waals surface area contributed by atoms with Gasteiger partial charge >= 0.3 is 0 Å². The molecule has 0 amide bonds. The van der Waals surface area contributed by atoms with E-state index in [1.165, 1.54) is 22.4 Å². The minimum Gasteiger partial charge on any atom is -0.261 e. The van der Waals surface area contributed by atoms with Gasteiger partial charge in [-0.1, -0.05) is 0 Å². The van der Waals surface area contributed by atoms with Crippen molar-refractivity contribution in [1.82, 2.24) is 4.98 Å². The van der Waals surface area contributed by atoms with Gasteiger partial charge in [-0.05, 0) is 38.5 Å². The largest absolute Gasteiger partial charge is 0.261 e. The fraction of sp³-hybridized carbons (Fsp3) is 0.286. The molecule has 0 aromatic carbocycles. The van der Waals surface area contributed by atoms with Gasteiger partial charge in [0.1, 0.15) is 7.05 Å². The molecule has 0 aliphatic carbocycles. The number of hydrogen-bond acceptors (Lipinski definition) is 1. The SMILES string of the molecule is Cc1ccc(-c2c(C)ccnc2C)[n+](C)c1. The van der Waals surface area contributed by atoms with Crippen molar-refractivity contribution in [3.8, 4) is 11.3 Å². The summed E-state index contributed by atoms with van der Waals surface area (Å²) in [5, 5.41) is 0. The third-order valence-electron chi connectivity index (χ3n) is 2.89. The van der Waals surface area contributed by atoms with Gasteiger partial charge in [-0.25, -0.2) is 4.57 Å². The van der Waals surface area contributed by atoms with Crippen LogP contribution in [0.15, 0.2) is 30.6 Å². The van der Waals surface area contributed by atoms with E-state index in [4.69, 9.17) is 0 Å². The molecule has 2 nitrogen and oxygen atoms in total. The summed E-state index contributed by atoms with van der Waals surface area (Å²) < 4.78 is 2.16. The zero-order chi connectivity index (χ0) is 11.7. The zero-order valence-electron chi connectivity index (χ0n) is 10.3. The van der Waals surface area contributed by atoms with Crippen LogP contribution in [-0.2, 0) is 7.05 Å². The maximum absolute atomic E-state index is 4.37. The third-order valence-corrected chi connectivity index (χ3v) is 2.89. The molecular formula is C14H17N2+. The molecule has 0 bridgehead atoms. The van der Waals surface area contributed by atoms with Crippen molar-refractivity contribution in [2.75, 3.05) is 0 Å². The lowest BCUT2D eigenvalue weighted by Gasteiger charge is -2.07. The highest BCUT2D eigenvalue weighted by Crippen LogP contribution is 2.22. The zero-order valence-corrected chi connectivity index (χ0v) is 10.3. The van der Waals surface area contributed by atoms with E-state index in [-0.39, 0.29) is 0 Å². The van der Waals surface area contributed by atoms with E-state index in [1.807, 2.05) is 6.20 Å². The number of aromatic nitrogens is 2. The fourth-order valence-electron chi connectivity index (χ4n) is 2.09. The molecule has 0 atom stereocenters. The Morgan fingerprint density at radius 1 is 1.06 bits per heavy atom. The summed E-state index contributed by atoms with van der Waals surface area (Å²) in [4.78, 5) is 4.37. The molecule has 16 heavy (non-hydrogen) atoms. The minimum absolute atomic E-state index is 1.08. The average Bonchev–Trinajstić information content (AvgIpc) is 2.20. The molecule has 2 rings (SSSR count). The summed E-state index contributed by atoms with van der Waals surface area (Å²) in [6.07, 6.45) is 4.00. The predicted octanol–water partition coefficient (Wildman–Crippen LogP) is 2.50. The molecule has 0 saturated carbocycles. The van der Waals surface area contributed by atoms with Crippen LogP contribution >= 0.6 is 0 Å². The van der Waals surface area contributed by atoms with E-state index >= 15 is 0 Å². The Morgan fingerprint density at radius 3 is 2.44 bits per heavy atom. The van der Waals surface area contributed by atoms with Gasteiger partial charge in [0, 0.05) is 17.8 Å². The second-order valence-corrected chi connectivity index (χ2v) is 4.29. The van der Waals surface area contributed by atoms with Crippen molar-refractivity contribution in [3.63, 3.8) is 0 Å². The Hall–Kier alpha value is -1.70. The van der Waals surface area contributed by atoms with Crippen LogP contribution in [0.25, 0.3) is 11.3 Å². The Bertz CT molecular complexity index is 510. The lowest BCUT2D eigenvalue weighted by atomic mass is 10.0. The molecule has 0 unspecified atom stereocenters. The van der Waals surface area contributed by atoms with Crippen LogP contribution in [0.3, 0.4) is 0 Å². The first-order chi connectivity index (χ1) is 7.59. The van der Waals surface area contributed by atoms with Gasteiger partial charge in [-0.3, -0.25) is 4.98 Å². The highest BCUT2D eigenvalue weighted by atomic mass is 14.9. The molecule has 0 fully saturated rings. The fourth-order valence-corrected chi connectivity index (χ4v) is 2.09. The smallest absolute Gasteiger partial charge is 0.214 e. The van der Waals surface area contributed by atoms with Crippen molar-refractivity contribution in [2.45, 2.75) is 20.8 Å². The summed E-state index contributed by atoms with van der Waals surface area (Å²) in [6.45, 7) is 6.29. The van der Waals surface area contributed by atoms with Crippen LogP contribution < -0.4 is 4.57 Å². The quantitative estimate of drug-likeness (QED) is 0.665. The summed E-state index contributed by atoms with van der Waals surface area (Å²) >= 11 is 0. The summed E-state index contributed by atoms with van der Waals surface area (Å²) in [5.74, 6) is 0. The van der Waals surface area contributed by atoms with Crippen LogP contribution in [0.4, 0.5) is 0 Å². The second-order valence-electron chi connectivity index (χ2n) is 4.29. The first-order valence-corrected chi connectivity index (χ1v) is 5.48. The molecule has 0 N–H and O–H groups in total. The summed E-state index contributed by atoms with van der Waals surface area (Å²) in [5.41, 5.74) is 6.08. The van der Waals surface area contributed by atoms with Crippen molar-refractivity contribution in [3.05, 3.63) is 47.4 Å². The first-order valence-electron chi connectivity index (χ1n) is 5.48. The van der Waals surface area contributed by atoms with Gasteiger partial charge in [0.05, 0.1) is 11.3 Å². The van der Waals surface area contributed by atoms with E-state index in [9.17, 15) is 0 Å².